The highest BCUT2D eigenvalue weighted by atomic mass is 19.1. The third-order valence-electron chi connectivity index (χ3n) is 2.68. The quantitative estimate of drug-likeness (QED) is 0.811. The molecule has 0 saturated carbocycles. The van der Waals surface area contributed by atoms with E-state index in [1.165, 1.54) is 12.1 Å². The van der Waals surface area contributed by atoms with Gasteiger partial charge in [0.25, 0.3) is 0 Å². The molecule has 0 spiro atoms. The molecular formula is C14H16FNO2. The molecule has 1 saturated heterocycles. The summed E-state index contributed by atoms with van der Waals surface area (Å²) in [5.74, 6) is 5.67. The topological polar surface area (TPSA) is 44.5 Å². The SMILES string of the molecule is NCC#Cc1cc(F)cc(OC2CCOCC2)c1. The third kappa shape index (κ3) is 3.73. The van der Waals surface area contributed by atoms with E-state index in [9.17, 15) is 4.39 Å². The first-order chi connectivity index (χ1) is 8.78. The fraction of sp³-hybridized carbons (Fsp3) is 0.429. The van der Waals surface area contributed by atoms with Gasteiger partial charge in [0.1, 0.15) is 17.7 Å². The first kappa shape index (κ1) is 12.9. The van der Waals surface area contributed by atoms with E-state index in [0.717, 1.165) is 12.8 Å². The Balaban J connectivity index is 2.09. The van der Waals surface area contributed by atoms with Crippen molar-refractivity contribution in [3.8, 4) is 17.6 Å². The van der Waals surface area contributed by atoms with Crippen LogP contribution >= 0.6 is 0 Å². The largest absolute Gasteiger partial charge is 0.490 e. The lowest BCUT2D eigenvalue weighted by atomic mass is 10.1. The number of rotatable bonds is 2. The highest BCUT2D eigenvalue weighted by Gasteiger charge is 2.15. The van der Waals surface area contributed by atoms with Crippen LogP contribution in [0.4, 0.5) is 4.39 Å². The predicted molar refractivity (Wildman–Crippen MR) is 66.8 cm³/mol. The number of hydrogen-bond acceptors (Lipinski definition) is 3. The maximum absolute atomic E-state index is 13.4. The van der Waals surface area contributed by atoms with Crippen molar-refractivity contribution < 1.29 is 13.9 Å². The molecule has 18 heavy (non-hydrogen) atoms. The Morgan fingerprint density at radius 2 is 2.11 bits per heavy atom. The van der Waals surface area contributed by atoms with Crippen LogP contribution in [0.15, 0.2) is 18.2 Å². The lowest BCUT2D eigenvalue weighted by Crippen LogP contribution is -2.25. The summed E-state index contributed by atoms with van der Waals surface area (Å²) < 4.78 is 24.4. The van der Waals surface area contributed by atoms with Gasteiger partial charge in [0.2, 0.25) is 0 Å². The highest BCUT2D eigenvalue weighted by Crippen LogP contribution is 2.20. The minimum absolute atomic E-state index is 0.0934. The van der Waals surface area contributed by atoms with Crippen LogP contribution in [0, 0.1) is 17.7 Å². The van der Waals surface area contributed by atoms with Gasteiger partial charge in [-0.3, -0.25) is 0 Å². The minimum Gasteiger partial charge on any atom is -0.490 e. The molecule has 0 radical (unpaired) electrons. The van der Waals surface area contributed by atoms with Crippen molar-refractivity contribution in [3.63, 3.8) is 0 Å². The van der Waals surface area contributed by atoms with Gasteiger partial charge in [-0.15, -0.1) is 0 Å². The Labute approximate surface area is 106 Å². The summed E-state index contributed by atoms with van der Waals surface area (Å²) in [6.45, 7) is 1.65. The van der Waals surface area contributed by atoms with Gasteiger partial charge < -0.3 is 15.2 Å². The summed E-state index contributed by atoms with van der Waals surface area (Å²) in [6, 6.07) is 4.49. The van der Waals surface area contributed by atoms with Crippen LogP contribution < -0.4 is 10.5 Å². The summed E-state index contributed by atoms with van der Waals surface area (Å²) in [4.78, 5) is 0. The molecule has 0 unspecified atom stereocenters. The Morgan fingerprint density at radius 1 is 1.33 bits per heavy atom. The lowest BCUT2D eigenvalue weighted by Gasteiger charge is -2.23. The van der Waals surface area contributed by atoms with Gasteiger partial charge in [-0.1, -0.05) is 11.8 Å². The summed E-state index contributed by atoms with van der Waals surface area (Å²) >= 11 is 0. The van der Waals surface area contributed by atoms with Crippen LogP contribution in [0.25, 0.3) is 0 Å². The molecule has 1 aromatic carbocycles. The summed E-state index contributed by atoms with van der Waals surface area (Å²) in [7, 11) is 0. The molecule has 1 fully saturated rings. The summed E-state index contributed by atoms with van der Waals surface area (Å²) in [5, 5.41) is 0. The molecule has 2 rings (SSSR count). The van der Waals surface area contributed by atoms with Crippen molar-refractivity contribution in [2.75, 3.05) is 19.8 Å². The first-order valence-electron chi connectivity index (χ1n) is 6.02. The number of benzene rings is 1. The van der Waals surface area contributed by atoms with E-state index in [-0.39, 0.29) is 18.5 Å². The lowest BCUT2D eigenvalue weighted by molar-refractivity contribution is 0.0254. The second-order valence-electron chi connectivity index (χ2n) is 4.11. The number of hydrogen-bond donors (Lipinski definition) is 1. The van der Waals surface area contributed by atoms with Crippen molar-refractivity contribution in [3.05, 3.63) is 29.6 Å². The van der Waals surface area contributed by atoms with E-state index in [2.05, 4.69) is 11.8 Å². The zero-order valence-corrected chi connectivity index (χ0v) is 10.1. The minimum atomic E-state index is -0.346. The van der Waals surface area contributed by atoms with E-state index in [1.54, 1.807) is 6.07 Å². The molecule has 96 valence electrons. The van der Waals surface area contributed by atoms with Gasteiger partial charge in [0.15, 0.2) is 0 Å². The summed E-state index contributed by atoms with van der Waals surface area (Å²) in [6.07, 6.45) is 1.76. The van der Waals surface area contributed by atoms with Gasteiger partial charge in [-0.25, -0.2) is 4.39 Å². The van der Waals surface area contributed by atoms with Gasteiger partial charge in [0, 0.05) is 24.5 Å². The zero-order chi connectivity index (χ0) is 12.8. The van der Waals surface area contributed by atoms with Gasteiger partial charge in [-0.05, 0) is 12.1 Å². The Hall–Kier alpha value is -1.57. The standard InChI is InChI=1S/C14H16FNO2/c15-12-8-11(2-1-5-16)9-14(10-12)18-13-3-6-17-7-4-13/h8-10,13H,3-7,16H2. The predicted octanol–water partition coefficient (Wildman–Crippen LogP) is 1.69. The highest BCUT2D eigenvalue weighted by molar-refractivity contribution is 5.40. The van der Waals surface area contributed by atoms with Crippen LogP contribution in [0.3, 0.4) is 0 Å². The molecule has 0 atom stereocenters. The average Bonchev–Trinajstić information content (AvgIpc) is 2.37. The number of halogens is 1. The first-order valence-corrected chi connectivity index (χ1v) is 6.02. The molecule has 0 aromatic heterocycles. The van der Waals surface area contributed by atoms with Crippen molar-refractivity contribution >= 4 is 0 Å². The van der Waals surface area contributed by atoms with Crippen molar-refractivity contribution in [1.29, 1.82) is 0 Å². The second kappa shape index (κ2) is 6.39. The van der Waals surface area contributed by atoms with E-state index < -0.39 is 0 Å². The Kier molecular flexibility index (Phi) is 4.57. The van der Waals surface area contributed by atoms with Crippen molar-refractivity contribution in [2.45, 2.75) is 18.9 Å². The van der Waals surface area contributed by atoms with Crippen LogP contribution in [-0.4, -0.2) is 25.9 Å². The monoisotopic (exact) mass is 249 g/mol. The number of nitrogens with two attached hydrogens (primary N) is 1. The Morgan fingerprint density at radius 3 is 2.83 bits per heavy atom. The molecule has 1 aliphatic rings. The normalized spacial score (nSPS) is 15.9. The molecule has 0 aliphatic carbocycles. The van der Waals surface area contributed by atoms with E-state index >= 15 is 0 Å². The zero-order valence-electron chi connectivity index (χ0n) is 10.1. The number of ether oxygens (including phenoxy) is 2. The molecule has 2 N–H and O–H groups in total. The molecule has 1 aromatic rings. The van der Waals surface area contributed by atoms with Crippen LogP contribution in [0.5, 0.6) is 5.75 Å². The molecule has 1 heterocycles. The maximum Gasteiger partial charge on any atom is 0.128 e. The Bertz CT molecular complexity index is 459. The average molecular weight is 249 g/mol. The molecular weight excluding hydrogens is 233 g/mol. The summed E-state index contributed by atoms with van der Waals surface area (Å²) in [5.41, 5.74) is 5.88. The van der Waals surface area contributed by atoms with E-state index in [4.69, 9.17) is 15.2 Å². The second-order valence-corrected chi connectivity index (χ2v) is 4.11. The van der Waals surface area contributed by atoms with Gasteiger partial charge in [0.05, 0.1) is 19.8 Å². The molecule has 0 amide bonds. The van der Waals surface area contributed by atoms with Crippen LogP contribution in [0.1, 0.15) is 18.4 Å². The van der Waals surface area contributed by atoms with Gasteiger partial charge >= 0.3 is 0 Å². The molecule has 4 heteroatoms. The fourth-order valence-corrected chi connectivity index (χ4v) is 1.84. The third-order valence-corrected chi connectivity index (χ3v) is 2.68. The van der Waals surface area contributed by atoms with Crippen molar-refractivity contribution in [2.24, 2.45) is 5.73 Å². The van der Waals surface area contributed by atoms with Crippen LogP contribution in [-0.2, 0) is 4.74 Å². The smallest absolute Gasteiger partial charge is 0.128 e. The van der Waals surface area contributed by atoms with Crippen molar-refractivity contribution in [1.82, 2.24) is 0 Å². The fourth-order valence-electron chi connectivity index (χ4n) is 1.84. The maximum atomic E-state index is 13.4. The van der Waals surface area contributed by atoms with E-state index in [0.29, 0.717) is 24.5 Å². The van der Waals surface area contributed by atoms with Gasteiger partial charge in [-0.2, -0.15) is 0 Å². The molecule has 3 nitrogen and oxygen atoms in total. The molecule has 0 bridgehead atoms. The van der Waals surface area contributed by atoms with E-state index in [1.807, 2.05) is 0 Å². The van der Waals surface area contributed by atoms with Crippen LogP contribution in [0.2, 0.25) is 0 Å². The molecule has 1 aliphatic heterocycles.